The fraction of sp³-hybridized carbons (Fsp3) is 1.00. The molecule has 2 N–H and O–H groups in total. The number of rotatable bonds is 2. The van der Waals surface area contributed by atoms with Gasteiger partial charge in [0.25, 0.3) is 0 Å². The van der Waals surface area contributed by atoms with E-state index in [1.807, 2.05) is 0 Å². The molecule has 2 atom stereocenters. The van der Waals surface area contributed by atoms with Gasteiger partial charge in [-0.05, 0) is 36.5 Å². The van der Waals surface area contributed by atoms with Crippen LogP contribution in [0, 0.1) is 23.7 Å². The van der Waals surface area contributed by atoms with Crippen LogP contribution < -0.4 is 0 Å². The lowest BCUT2D eigenvalue weighted by molar-refractivity contribution is -0.0842. The Labute approximate surface area is 124 Å². The van der Waals surface area contributed by atoms with Crippen LogP contribution in [0.2, 0.25) is 0 Å². The van der Waals surface area contributed by atoms with E-state index in [0.717, 1.165) is 12.8 Å². The second kappa shape index (κ2) is 6.79. The molecule has 0 aromatic heterocycles. The van der Waals surface area contributed by atoms with Crippen molar-refractivity contribution < 1.29 is 10.2 Å². The highest BCUT2D eigenvalue weighted by atomic mass is 16.3. The summed E-state index contributed by atoms with van der Waals surface area (Å²) in [6.45, 7) is 0. The summed E-state index contributed by atoms with van der Waals surface area (Å²) in [5.41, 5.74) is 0. The van der Waals surface area contributed by atoms with E-state index in [9.17, 15) is 10.2 Å². The molecule has 0 saturated heterocycles. The third kappa shape index (κ3) is 3.22. The monoisotopic (exact) mass is 280 g/mol. The van der Waals surface area contributed by atoms with E-state index in [4.69, 9.17) is 0 Å². The van der Waals surface area contributed by atoms with Crippen molar-refractivity contribution in [2.75, 3.05) is 0 Å². The highest BCUT2D eigenvalue weighted by Gasteiger charge is 2.43. The molecule has 3 saturated carbocycles. The van der Waals surface area contributed by atoms with E-state index in [1.165, 1.54) is 64.2 Å². The van der Waals surface area contributed by atoms with Crippen molar-refractivity contribution in [1.82, 2.24) is 0 Å². The van der Waals surface area contributed by atoms with Crippen LogP contribution in [0.1, 0.15) is 77.0 Å². The third-order valence-electron chi connectivity index (χ3n) is 6.48. The summed E-state index contributed by atoms with van der Waals surface area (Å²) in [4.78, 5) is 0. The van der Waals surface area contributed by atoms with Gasteiger partial charge in [-0.15, -0.1) is 0 Å². The van der Waals surface area contributed by atoms with Crippen molar-refractivity contribution in [2.45, 2.75) is 89.3 Å². The van der Waals surface area contributed by atoms with Gasteiger partial charge in [0.15, 0.2) is 0 Å². The van der Waals surface area contributed by atoms with Crippen LogP contribution >= 0.6 is 0 Å². The largest absolute Gasteiger partial charge is 0.393 e. The number of aliphatic hydroxyl groups excluding tert-OH is 2. The highest BCUT2D eigenvalue weighted by Crippen LogP contribution is 2.45. The van der Waals surface area contributed by atoms with Gasteiger partial charge in [-0.3, -0.25) is 0 Å². The molecule has 2 unspecified atom stereocenters. The van der Waals surface area contributed by atoms with E-state index in [1.54, 1.807) is 0 Å². The van der Waals surface area contributed by atoms with Gasteiger partial charge in [-0.25, -0.2) is 0 Å². The fourth-order valence-corrected chi connectivity index (χ4v) is 5.39. The molecule has 0 aromatic rings. The fourth-order valence-electron chi connectivity index (χ4n) is 5.39. The van der Waals surface area contributed by atoms with Crippen LogP contribution in [0.3, 0.4) is 0 Å². The van der Waals surface area contributed by atoms with Crippen LogP contribution in [-0.4, -0.2) is 22.4 Å². The Kier molecular flexibility index (Phi) is 5.04. The lowest BCUT2D eigenvalue weighted by atomic mass is 9.63. The molecule has 3 aliphatic carbocycles. The van der Waals surface area contributed by atoms with Crippen molar-refractivity contribution >= 4 is 0 Å². The summed E-state index contributed by atoms with van der Waals surface area (Å²) in [6, 6.07) is 0. The maximum atomic E-state index is 10.9. The summed E-state index contributed by atoms with van der Waals surface area (Å²) in [7, 11) is 0. The van der Waals surface area contributed by atoms with Gasteiger partial charge in [0, 0.05) is 0 Å². The molecular weight excluding hydrogens is 248 g/mol. The minimum atomic E-state index is -0.155. The maximum Gasteiger partial charge on any atom is 0.0603 e. The quantitative estimate of drug-likeness (QED) is 0.805. The van der Waals surface area contributed by atoms with Crippen molar-refractivity contribution in [3.8, 4) is 0 Å². The summed E-state index contributed by atoms with van der Waals surface area (Å²) in [5, 5.41) is 21.3. The molecular formula is C18H32O2. The first-order valence-electron chi connectivity index (χ1n) is 9.12. The summed E-state index contributed by atoms with van der Waals surface area (Å²) >= 11 is 0. The van der Waals surface area contributed by atoms with Gasteiger partial charge in [0.1, 0.15) is 0 Å². The Bertz CT molecular complexity index is 264. The molecule has 3 fully saturated rings. The van der Waals surface area contributed by atoms with E-state index in [-0.39, 0.29) is 12.2 Å². The number of aliphatic hydroxyl groups is 2. The van der Waals surface area contributed by atoms with E-state index in [0.29, 0.717) is 23.7 Å². The van der Waals surface area contributed by atoms with Crippen LogP contribution in [0.25, 0.3) is 0 Å². The lowest BCUT2D eigenvalue weighted by Gasteiger charge is -2.46. The topological polar surface area (TPSA) is 40.5 Å². The number of hydrogen-bond donors (Lipinski definition) is 2. The first-order chi connectivity index (χ1) is 9.75. The molecule has 0 aromatic carbocycles. The second-order valence-corrected chi connectivity index (χ2v) is 7.74. The summed E-state index contributed by atoms with van der Waals surface area (Å²) in [5.74, 6) is 2.12. The Balaban J connectivity index is 1.67. The van der Waals surface area contributed by atoms with Crippen molar-refractivity contribution in [2.24, 2.45) is 23.7 Å². The zero-order valence-corrected chi connectivity index (χ0v) is 12.8. The van der Waals surface area contributed by atoms with Crippen LogP contribution in [0.4, 0.5) is 0 Å². The normalized spacial score (nSPS) is 41.7. The van der Waals surface area contributed by atoms with Crippen LogP contribution in [0.5, 0.6) is 0 Å². The van der Waals surface area contributed by atoms with Gasteiger partial charge in [-0.1, -0.05) is 64.2 Å². The highest BCUT2D eigenvalue weighted by molar-refractivity contribution is 4.93. The standard InChI is InChI=1S/C18H32O2/c19-15-11-16(13-7-3-1-4-8-13)18(20)17(12-15)14-9-5-2-6-10-14/h13-20H,1-12H2. The SMILES string of the molecule is OC1CC(C2CCCCC2)C(O)C(C2CCCCC2)C1. The molecule has 0 heterocycles. The second-order valence-electron chi connectivity index (χ2n) is 7.74. The van der Waals surface area contributed by atoms with Crippen molar-refractivity contribution in [3.63, 3.8) is 0 Å². The van der Waals surface area contributed by atoms with E-state index in [2.05, 4.69) is 0 Å². The van der Waals surface area contributed by atoms with E-state index < -0.39 is 0 Å². The first kappa shape index (κ1) is 14.8. The number of hydrogen-bond acceptors (Lipinski definition) is 2. The smallest absolute Gasteiger partial charge is 0.0603 e. The first-order valence-corrected chi connectivity index (χ1v) is 9.12. The minimum Gasteiger partial charge on any atom is -0.393 e. The summed E-state index contributed by atoms with van der Waals surface area (Å²) < 4.78 is 0. The van der Waals surface area contributed by atoms with Crippen molar-refractivity contribution in [1.29, 1.82) is 0 Å². The molecule has 3 rings (SSSR count). The molecule has 3 aliphatic rings. The Hall–Kier alpha value is -0.0800. The van der Waals surface area contributed by atoms with Gasteiger partial charge < -0.3 is 10.2 Å². The molecule has 2 heteroatoms. The molecule has 0 radical (unpaired) electrons. The summed E-state index contributed by atoms with van der Waals surface area (Å²) in [6.07, 6.45) is 14.6. The average Bonchev–Trinajstić information content (AvgIpc) is 2.51. The zero-order chi connectivity index (χ0) is 13.9. The maximum absolute atomic E-state index is 10.9. The van der Waals surface area contributed by atoms with Crippen molar-refractivity contribution in [3.05, 3.63) is 0 Å². The van der Waals surface area contributed by atoms with Gasteiger partial charge in [-0.2, -0.15) is 0 Å². The molecule has 0 bridgehead atoms. The van der Waals surface area contributed by atoms with Gasteiger partial charge in [0.2, 0.25) is 0 Å². The molecule has 2 nitrogen and oxygen atoms in total. The predicted molar refractivity (Wildman–Crippen MR) is 81.4 cm³/mol. The molecule has 0 spiro atoms. The third-order valence-corrected chi connectivity index (χ3v) is 6.48. The molecule has 0 aliphatic heterocycles. The Morgan fingerprint density at radius 1 is 0.550 bits per heavy atom. The molecule has 0 amide bonds. The van der Waals surface area contributed by atoms with Gasteiger partial charge >= 0.3 is 0 Å². The van der Waals surface area contributed by atoms with Crippen LogP contribution in [0.15, 0.2) is 0 Å². The predicted octanol–water partition coefficient (Wildman–Crippen LogP) is 3.90. The minimum absolute atomic E-state index is 0.135. The lowest BCUT2D eigenvalue weighted by Crippen LogP contribution is -2.46. The van der Waals surface area contributed by atoms with Crippen LogP contribution in [-0.2, 0) is 0 Å². The van der Waals surface area contributed by atoms with Gasteiger partial charge in [0.05, 0.1) is 12.2 Å². The zero-order valence-electron chi connectivity index (χ0n) is 12.8. The van der Waals surface area contributed by atoms with E-state index >= 15 is 0 Å². The molecule has 116 valence electrons. The Morgan fingerprint density at radius 2 is 0.950 bits per heavy atom. The Morgan fingerprint density at radius 3 is 1.35 bits per heavy atom. The molecule has 20 heavy (non-hydrogen) atoms. The average molecular weight is 280 g/mol.